The highest BCUT2D eigenvalue weighted by Gasteiger charge is 2.35. The lowest BCUT2D eigenvalue weighted by atomic mass is 9.75. The summed E-state index contributed by atoms with van der Waals surface area (Å²) in [5, 5.41) is 3.50. The molecule has 0 saturated heterocycles. The molecule has 2 rings (SSSR count). The van der Waals surface area contributed by atoms with Crippen molar-refractivity contribution in [1.29, 1.82) is 0 Å². The molecule has 1 N–H and O–H groups in total. The Labute approximate surface area is 92.5 Å². The first-order chi connectivity index (χ1) is 6.74. The first-order valence-electron chi connectivity index (χ1n) is 5.00. The molecule has 0 aromatic carbocycles. The van der Waals surface area contributed by atoms with E-state index in [1.165, 1.54) is 19.3 Å². The molecule has 76 valence electrons. The van der Waals surface area contributed by atoms with Crippen LogP contribution in [0.3, 0.4) is 0 Å². The molecule has 1 fully saturated rings. The highest BCUT2D eigenvalue weighted by atomic mass is 79.9. The summed E-state index contributed by atoms with van der Waals surface area (Å²) >= 11 is 3.34. The maximum atomic E-state index is 4.20. The average molecular weight is 256 g/mol. The minimum Gasteiger partial charge on any atom is -0.365 e. The SMILES string of the molecule is CCC1(Nc2cc(Br)ncn2)CCC1. The summed E-state index contributed by atoms with van der Waals surface area (Å²) in [5.74, 6) is 0.924. The van der Waals surface area contributed by atoms with Crippen LogP contribution < -0.4 is 5.32 Å². The summed E-state index contributed by atoms with van der Waals surface area (Å²) in [7, 11) is 0. The van der Waals surface area contributed by atoms with Crippen LogP contribution in [0.2, 0.25) is 0 Å². The van der Waals surface area contributed by atoms with Crippen molar-refractivity contribution < 1.29 is 0 Å². The molecular weight excluding hydrogens is 242 g/mol. The molecule has 1 aromatic rings. The van der Waals surface area contributed by atoms with Crippen LogP contribution in [-0.2, 0) is 0 Å². The Morgan fingerprint density at radius 1 is 1.50 bits per heavy atom. The molecule has 0 aliphatic heterocycles. The van der Waals surface area contributed by atoms with Crippen LogP contribution in [0.5, 0.6) is 0 Å². The van der Waals surface area contributed by atoms with Gasteiger partial charge in [-0.05, 0) is 41.6 Å². The minimum absolute atomic E-state index is 0.299. The van der Waals surface area contributed by atoms with Crippen molar-refractivity contribution in [2.24, 2.45) is 0 Å². The maximum Gasteiger partial charge on any atom is 0.130 e. The average Bonchev–Trinajstić information content (AvgIpc) is 2.11. The second-order valence-electron chi connectivity index (χ2n) is 3.84. The zero-order valence-electron chi connectivity index (χ0n) is 8.26. The number of halogens is 1. The number of nitrogens with zero attached hydrogens (tertiary/aromatic N) is 2. The van der Waals surface area contributed by atoms with E-state index in [-0.39, 0.29) is 0 Å². The van der Waals surface area contributed by atoms with Gasteiger partial charge in [0.1, 0.15) is 16.7 Å². The van der Waals surface area contributed by atoms with Gasteiger partial charge in [-0.2, -0.15) is 0 Å². The van der Waals surface area contributed by atoms with E-state index in [4.69, 9.17) is 0 Å². The Kier molecular flexibility index (Phi) is 2.72. The third-order valence-electron chi connectivity index (χ3n) is 3.01. The fourth-order valence-electron chi connectivity index (χ4n) is 1.84. The summed E-state index contributed by atoms with van der Waals surface area (Å²) in [6.45, 7) is 2.22. The normalized spacial score (nSPS) is 18.7. The minimum atomic E-state index is 0.299. The predicted octanol–water partition coefficient (Wildman–Crippen LogP) is 2.98. The molecule has 1 aliphatic carbocycles. The van der Waals surface area contributed by atoms with Gasteiger partial charge in [0.2, 0.25) is 0 Å². The second-order valence-corrected chi connectivity index (χ2v) is 4.65. The summed E-state index contributed by atoms with van der Waals surface area (Å²) in [4.78, 5) is 8.21. The topological polar surface area (TPSA) is 37.8 Å². The number of hydrogen-bond donors (Lipinski definition) is 1. The summed E-state index contributed by atoms with van der Waals surface area (Å²) < 4.78 is 0.834. The van der Waals surface area contributed by atoms with Gasteiger partial charge < -0.3 is 5.32 Å². The van der Waals surface area contributed by atoms with Gasteiger partial charge in [-0.15, -0.1) is 0 Å². The second kappa shape index (κ2) is 3.85. The lowest BCUT2D eigenvalue weighted by molar-refractivity contribution is 0.269. The standard InChI is InChI=1S/C10H14BrN3/c1-2-10(4-3-5-10)14-9-6-8(11)12-7-13-9/h6-7H,2-5H2,1H3,(H,12,13,14). The Balaban J connectivity index is 2.09. The fourth-order valence-corrected chi connectivity index (χ4v) is 2.15. The maximum absolute atomic E-state index is 4.20. The molecule has 1 heterocycles. The van der Waals surface area contributed by atoms with Crippen LogP contribution in [0.1, 0.15) is 32.6 Å². The van der Waals surface area contributed by atoms with Gasteiger partial charge in [-0.25, -0.2) is 9.97 Å². The molecule has 1 saturated carbocycles. The molecule has 0 spiro atoms. The van der Waals surface area contributed by atoms with Crippen LogP contribution in [-0.4, -0.2) is 15.5 Å². The monoisotopic (exact) mass is 255 g/mol. The lowest BCUT2D eigenvalue weighted by Gasteiger charge is -2.42. The molecule has 0 bridgehead atoms. The lowest BCUT2D eigenvalue weighted by Crippen LogP contribution is -2.44. The molecule has 3 nitrogen and oxygen atoms in total. The quantitative estimate of drug-likeness (QED) is 0.845. The molecule has 14 heavy (non-hydrogen) atoms. The first kappa shape index (κ1) is 9.90. The van der Waals surface area contributed by atoms with Crippen LogP contribution in [0.4, 0.5) is 5.82 Å². The van der Waals surface area contributed by atoms with Crippen LogP contribution >= 0.6 is 15.9 Å². The van der Waals surface area contributed by atoms with E-state index in [1.54, 1.807) is 6.33 Å². The number of aromatic nitrogens is 2. The van der Waals surface area contributed by atoms with Gasteiger partial charge in [0.25, 0.3) is 0 Å². The third-order valence-corrected chi connectivity index (χ3v) is 3.45. The highest BCUT2D eigenvalue weighted by molar-refractivity contribution is 9.10. The highest BCUT2D eigenvalue weighted by Crippen LogP contribution is 2.37. The van der Waals surface area contributed by atoms with E-state index in [0.717, 1.165) is 16.8 Å². The van der Waals surface area contributed by atoms with E-state index >= 15 is 0 Å². The smallest absolute Gasteiger partial charge is 0.130 e. The summed E-state index contributed by atoms with van der Waals surface area (Å²) in [5.41, 5.74) is 0.299. The summed E-state index contributed by atoms with van der Waals surface area (Å²) in [6, 6.07) is 1.93. The van der Waals surface area contributed by atoms with Crippen LogP contribution in [0, 0.1) is 0 Å². The van der Waals surface area contributed by atoms with Crippen LogP contribution in [0.25, 0.3) is 0 Å². The van der Waals surface area contributed by atoms with Gasteiger partial charge in [0, 0.05) is 11.6 Å². The zero-order chi connectivity index (χ0) is 10.0. The Hall–Kier alpha value is -0.640. The van der Waals surface area contributed by atoms with Crippen molar-refractivity contribution in [2.45, 2.75) is 38.1 Å². The van der Waals surface area contributed by atoms with Crippen molar-refractivity contribution in [3.63, 3.8) is 0 Å². The van der Waals surface area contributed by atoms with E-state index in [2.05, 4.69) is 38.1 Å². The third kappa shape index (κ3) is 1.90. The van der Waals surface area contributed by atoms with Crippen molar-refractivity contribution in [1.82, 2.24) is 9.97 Å². The van der Waals surface area contributed by atoms with Gasteiger partial charge in [-0.3, -0.25) is 0 Å². The molecular formula is C10H14BrN3. The van der Waals surface area contributed by atoms with Gasteiger partial charge in [0.05, 0.1) is 0 Å². The van der Waals surface area contributed by atoms with Crippen molar-refractivity contribution in [2.75, 3.05) is 5.32 Å². The van der Waals surface area contributed by atoms with Gasteiger partial charge in [0.15, 0.2) is 0 Å². The summed E-state index contributed by atoms with van der Waals surface area (Å²) in [6.07, 6.45) is 6.58. The van der Waals surface area contributed by atoms with E-state index < -0.39 is 0 Å². The molecule has 1 aliphatic rings. The zero-order valence-corrected chi connectivity index (χ0v) is 9.84. The molecule has 0 radical (unpaired) electrons. The first-order valence-corrected chi connectivity index (χ1v) is 5.79. The Morgan fingerprint density at radius 2 is 2.29 bits per heavy atom. The number of hydrogen-bond acceptors (Lipinski definition) is 3. The number of anilines is 1. The largest absolute Gasteiger partial charge is 0.365 e. The van der Waals surface area contributed by atoms with Gasteiger partial charge >= 0.3 is 0 Å². The fraction of sp³-hybridized carbons (Fsp3) is 0.600. The molecule has 4 heteroatoms. The number of nitrogens with one attached hydrogen (secondary N) is 1. The Morgan fingerprint density at radius 3 is 2.79 bits per heavy atom. The van der Waals surface area contributed by atoms with Gasteiger partial charge in [-0.1, -0.05) is 6.92 Å². The van der Waals surface area contributed by atoms with Crippen molar-refractivity contribution >= 4 is 21.7 Å². The number of rotatable bonds is 3. The van der Waals surface area contributed by atoms with Crippen LogP contribution in [0.15, 0.2) is 17.0 Å². The Bertz CT molecular complexity index is 317. The van der Waals surface area contributed by atoms with E-state index in [0.29, 0.717) is 5.54 Å². The van der Waals surface area contributed by atoms with Crippen molar-refractivity contribution in [3.8, 4) is 0 Å². The molecule has 1 aromatic heterocycles. The van der Waals surface area contributed by atoms with Crippen molar-refractivity contribution in [3.05, 3.63) is 17.0 Å². The predicted molar refractivity (Wildman–Crippen MR) is 60.2 cm³/mol. The van der Waals surface area contributed by atoms with E-state index in [1.807, 2.05) is 6.07 Å². The molecule has 0 unspecified atom stereocenters. The van der Waals surface area contributed by atoms with E-state index in [9.17, 15) is 0 Å². The molecule has 0 atom stereocenters. The molecule has 0 amide bonds.